The molecule has 0 aliphatic carbocycles. The van der Waals surface area contributed by atoms with E-state index in [0.717, 1.165) is 5.92 Å². The van der Waals surface area contributed by atoms with Crippen molar-refractivity contribution in [2.24, 2.45) is 5.92 Å². The zero-order chi connectivity index (χ0) is 11.3. The van der Waals surface area contributed by atoms with Crippen molar-refractivity contribution in [2.45, 2.75) is 68.2 Å². The van der Waals surface area contributed by atoms with Crippen LogP contribution in [0.2, 0.25) is 0 Å². The summed E-state index contributed by atoms with van der Waals surface area (Å²) in [5.41, 5.74) is 1.43. The Morgan fingerprint density at radius 3 is 1.46 bits per heavy atom. The summed E-state index contributed by atoms with van der Waals surface area (Å²) in [5.74, 6) is 0.810. The molecule has 0 aromatic heterocycles. The first-order valence-corrected chi connectivity index (χ1v) is 5.67. The molecule has 0 spiro atoms. The zero-order valence-electron chi connectivity index (χ0n) is 11.1. The van der Waals surface area contributed by atoms with Gasteiger partial charge in [0.15, 0.2) is 0 Å². The van der Waals surface area contributed by atoms with Gasteiger partial charge in [-0.3, -0.25) is 0 Å². The summed E-state index contributed by atoms with van der Waals surface area (Å²) in [5, 5.41) is 0. The van der Waals surface area contributed by atoms with Gasteiger partial charge in [-0.05, 0) is 26.2 Å². The summed E-state index contributed by atoms with van der Waals surface area (Å²) < 4.78 is 0. The van der Waals surface area contributed by atoms with Gasteiger partial charge in [0.25, 0.3) is 0 Å². The number of hydrogen-bond acceptors (Lipinski definition) is 0. The van der Waals surface area contributed by atoms with Gasteiger partial charge in [0, 0.05) is 0 Å². The van der Waals surface area contributed by atoms with E-state index in [4.69, 9.17) is 0 Å². The normalized spacial score (nSPS) is 7.77. The van der Waals surface area contributed by atoms with Gasteiger partial charge in [-0.15, -0.1) is 0 Å². The second-order valence-electron chi connectivity index (χ2n) is 3.62. The molecule has 0 atom stereocenters. The van der Waals surface area contributed by atoms with Gasteiger partial charge in [0.1, 0.15) is 0 Å². The lowest BCUT2D eigenvalue weighted by Gasteiger charge is -1.96. The Labute approximate surface area is 86.4 Å². The Bertz CT molecular complexity index is 84.2. The van der Waals surface area contributed by atoms with E-state index in [1.807, 2.05) is 13.8 Å². The van der Waals surface area contributed by atoms with Crippen LogP contribution in [0, 0.1) is 5.92 Å². The quantitative estimate of drug-likeness (QED) is 0.504. The van der Waals surface area contributed by atoms with Crippen molar-refractivity contribution in [1.29, 1.82) is 0 Å². The van der Waals surface area contributed by atoms with Gasteiger partial charge in [-0.2, -0.15) is 0 Å². The van der Waals surface area contributed by atoms with Gasteiger partial charge >= 0.3 is 0 Å². The minimum Gasteiger partial charge on any atom is -0.0856 e. The third-order valence-electron chi connectivity index (χ3n) is 0.998. The molecule has 0 radical (unpaired) electrons. The molecular formula is C13H30. The molecule has 0 aliphatic heterocycles. The first kappa shape index (κ1) is 18.5. The van der Waals surface area contributed by atoms with Crippen LogP contribution in [0.25, 0.3) is 0 Å². The maximum absolute atomic E-state index is 2.28. The molecule has 0 heterocycles. The van der Waals surface area contributed by atoms with Crippen LogP contribution in [-0.2, 0) is 0 Å². The van der Waals surface area contributed by atoms with Crippen LogP contribution in [0.3, 0.4) is 0 Å². The summed E-state index contributed by atoms with van der Waals surface area (Å²) in [6, 6.07) is 0. The van der Waals surface area contributed by atoms with Gasteiger partial charge in [0.05, 0.1) is 0 Å². The van der Waals surface area contributed by atoms with E-state index in [2.05, 4.69) is 47.6 Å². The lowest BCUT2D eigenvalue weighted by molar-refractivity contribution is 0.661. The topological polar surface area (TPSA) is 0 Å². The highest BCUT2D eigenvalue weighted by Crippen LogP contribution is 2.02. The molecule has 0 aromatic rings. The van der Waals surface area contributed by atoms with Crippen molar-refractivity contribution in [1.82, 2.24) is 0 Å². The predicted molar refractivity (Wildman–Crippen MR) is 66.2 cm³/mol. The van der Waals surface area contributed by atoms with Crippen molar-refractivity contribution in [3.8, 4) is 0 Å². The lowest BCUT2D eigenvalue weighted by atomic mass is 10.1. The largest absolute Gasteiger partial charge is 0.0856 e. The molecule has 0 aromatic carbocycles. The predicted octanol–water partition coefficient (Wildman–Crippen LogP) is 5.44. The van der Waals surface area contributed by atoms with Crippen LogP contribution >= 0.6 is 0 Å². The minimum atomic E-state index is 0.810. The van der Waals surface area contributed by atoms with Crippen molar-refractivity contribution < 1.29 is 0 Å². The molecule has 0 unspecified atom stereocenters. The third-order valence-corrected chi connectivity index (χ3v) is 0.998. The molecular weight excluding hydrogens is 156 g/mol. The van der Waals surface area contributed by atoms with E-state index in [9.17, 15) is 0 Å². The molecule has 0 bridgehead atoms. The van der Waals surface area contributed by atoms with Crippen LogP contribution in [-0.4, -0.2) is 0 Å². The molecule has 0 aliphatic rings. The Morgan fingerprint density at radius 2 is 1.38 bits per heavy atom. The van der Waals surface area contributed by atoms with Crippen molar-refractivity contribution in [2.75, 3.05) is 0 Å². The highest BCUT2D eigenvalue weighted by Gasteiger charge is 1.86. The monoisotopic (exact) mass is 186 g/mol. The highest BCUT2D eigenvalue weighted by atomic mass is 13.9. The molecule has 0 amide bonds. The Balaban J connectivity index is -0.000000169. The highest BCUT2D eigenvalue weighted by molar-refractivity contribution is 4.92. The van der Waals surface area contributed by atoms with E-state index < -0.39 is 0 Å². The summed E-state index contributed by atoms with van der Waals surface area (Å²) >= 11 is 0. The summed E-state index contributed by atoms with van der Waals surface area (Å²) in [6.07, 6.45) is 4.76. The summed E-state index contributed by atoms with van der Waals surface area (Å²) in [6.45, 7) is 17.0. The SMILES string of the molecule is CC.CC(C)=CCC(C)C.CCC. The summed E-state index contributed by atoms with van der Waals surface area (Å²) in [7, 11) is 0. The van der Waals surface area contributed by atoms with Crippen LogP contribution < -0.4 is 0 Å². The number of rotatable bonds is 2. The Morgan fingerprint density at radius 1 is 1.08 bits per heavy atom. The van der Waals surface area contributed by atoms with E-state index in [0.29, 0.717) is 0 Å². The molecule has 0 rings (SSSR count). The van der Waals surface area contributed by atoms with Crippen molar-refractivity contribution in [3.05, 3.63) is 11.6 Å². The molecule has 82 valence electrons. The second-order valence-corrected chi connectivity index (χ2v) is 3.62. The standard InChI is InChI=1S/C8H16.C3H8.C2H6/c1-7(2)5-6-8(3)4;1-3-2;1-2/h5,8H,6H2,1-4H3;3H2,1-2H3;1-2H3. The first-order valence-electron chi connectivity index (χ1n) is 5.67. The Hall–Kier alpha value is -0.260. The average Bonchev–Trinajstić information content (AvgIpc) is 2.06. The van der Waals surface area contributed by atoms with E-state index in [-0.39, 0.29) is 0 Å². The third kappa shape index (κ3) is 49.6. The smallest absolute Gasteiger partial charge is 0.0325 e. The maximum atomic E-state index is 2.28. The molecule has 0 nitrogen and oxygen atoms in total. The van der Waals surface area contributed by atoms with Crippen LogP contribution in [0.5, 0.6) is 0 Å². The summed E-state index contributed by atoms with van der Waals surface area (Å²) in [4.78, 5) is 0. The van der Waals surface area contributed by atoms with Gasteiger partial charge in [-0.25, -0.2) is 0 Å². The van der Waals surface area contributed by atoms with Gasteiger partial charge < -0.3 is 0 Å². The van der Waals surface area contributed by atoms with Crippen LogP contribution in [0.15, 0.2) is 11.6 Å². The fourth-order valence-corrected chi connectivity index (χ4v) is 0.471. The van der Waals surface area contributed by atoms with Crippen molar-refractivity contribution >= 4 is 0 Å². The fourth-order valence-electron chi connectivity index (χ4n) is 0.471. The van der Waals surface area contributed by atoms with E-state index >= 15 is 0 Å². The second kappa shape index (κ2) is 17.7. The Kier molecular flexibility index (Phi) is 25.2. The maximum Gasteiger partial charge on any atom is -0.0325 e. The van der Waals surface area contributed by atoms with E-state index in [1.165, 1.54) is 18.4 Å². The van der Waals surface area contributed by atoms with Gasteiger partial charge in [0.2, 0.25) is 0 Å². The van der Waals surface area contributed by atoms with E-state index in [1.54, 1.807) is 0 Å². The van der Waals surface area contributed by atoms with Gasteiger partial charge in [-0.1, -0.05) is 59.6 Å². The molecule has 13 heavy (non-hydrogen) atoms. The molecule has 0 heteroatoms. The number of allylic oxidation sites excluding steroid dienone is 2. The number of hydrogen-bond donors (Lipinski definition) is 0. The van der Waals surface area contributed by atoms with Crippen molar-refractivity contribution in [3.63, 3.8) is 0 Å². The lowest BCUT2D eigenvalue weighted by Crippen LogP contribution is -1.81. The fraction of sp³-hybridized carbons (Fsp3) is 0.846. The van der Waals surface area contributed by atoms with Crippen LogP contribution in [0.1, 0.15) is 68.2 Å². The average molecular weight is 186 g/mol. The molecule has 0 saturated heterocycles. The first-order chi connectivity index (χ1) is 6.04. The van der Waals surface area contributed by atoms with Crippen LogP contribution in [0.4, 0.5) is 0 Å². The zero-order valence-corrected chi connectivity index (χ0v) is 11.1. The molecule has 0 N–H and O–H groups in total. The molecule has 0 fully saturated rings. The molecule has 0 saturated carbocycles. The minimum absolute atomic E-state index is 0.810.